The predicted octanol–water partition coefficient (Wildman–Crippen LogP) is 4.11. The number of carbonyl (C=O) groups is 2. The van der Waals surface area contributed by atoms with Crippen LogP contribution in [0.15, 0.2) is 54.6 Å². The molecule has 0 aliphatic carbocycles. The number of esters is 1. The fourth-order valence-electron chi connectivity index (χ4n) is 2.53. The molecule has 1 aliphatic heterocycles. The van der Waals surface area contributed by atoms with Gasteiger partial charge in [-0.05, 0) is 25.1 Å². The second kappa shape index (κ2) is 9.71. The van der Waals surface area contributed by atoms with Crippen LogP contribution in [0.3, 0.4) is 0 Å². The average Bonchev–Trinajstić information content (AvgIpc) is 3.22. The molecule has 27 heavy (non-hydrogen) atoms. The average molecular weight is 404 g/mol. The molecule has 142 valence electrons. The summed E-state index contributed by atoms with van der Waals surface area (Å²) < 4.78 is 11.2. The lowest BCUT2D eigenvalue weighted by Gasteiger charge is -2.16. The fourth-order valence-corrected chi connectivity index (χ4v) is 5.44. The molecule has 1 atom stereocenters. The van der Waals surface area contributed by atoms with Crippen molar-refractivity contribution in [1.29, 1.82) is 0 Å². The second-order valence-corrected chi connectivity index (χ2v) is 8.61. The number of para-hydroxylation sites is 2. The van der Waals surface area contributed by atoms with Crippen LogP contribution in [0.5, 0.6) is 5.75 Å². The van der Waals surface area contributed by atoms with E-state index in [9.17, 15) is 9.59 Å². The first-order valence-corrected chi connectivity index (χ1v) is 10.7. The van der Waals surface area contributed by atoms with Gasteiger partial charge in [0.25, 0.3) is 5.91 Å². The maximum atomic E-state index is 12.1. The number of benzene rings is 2. The largest absolute Gasteiger partial charge is 0.482 e. The van der Waals surface area contributed by atoms with Gasteiger partial charge in [-0.1, -0.05) is 36.4 Å². The number of ether oxygens (including phenoxy) is 2. The minimum atomic E-state index is -0.905. The van der Waals surface area contributed by atoms with Crippen molar-refractivity contribution in [2.75, 3.05) is 23.4 Å². The van der Waals surface area contributed by atoms with E-state index in [0.29, 0.717) is 16.0 Å². The van der Waals surface area contributed by atoms with E-state index in [4.69, 9.17) is 9.47 Å². The molecule has 1 fully saturated rings. The van der Waals surface area contributed by atoms with E-state index >= 15 is 0 Å². The summed E-state index contributed by atoms with van der Waals surface area (Å²) in [5.74, 6) is 1.95. The number of nitrogens with one attached hydrogen (secondary N) is 1. The highest BCUT2D eigenvalue weighted by atomic mass is 32.2. The molecule has 1 saturated heterocycles. The van der Waals surface area contributed by atoms with Crippen LogP contribution in [0.4, 0.5) is 5.69 Å². The maximum absolute atomic E-state index is 12.1. The Morgan fingerprint density at radius 3 is 2.48 bits per heavy atom. The number of rotatable bonds is 7. The Balaban J connectivity index is 1.50. The van der Waals surface area contributed by atoms with E-state index < -0.39 is 12.1 Å². The Morgan fingerprint density at radius 2 is 1.74 bits per heavy atom. The van der Waals surface area contributed by atoms with Crippen LogP contribution < -0.4 is 10.1 Å². The summed E-state index contributed by atoms with van der Waals surface area (Å²) in [4.78, 5) is 24.2. The monoisotopic (exact) mass is 403 g/mol. The number of thioether (sulfide) groups is 2. The fraction of sp³-hybridized carbons (Fsp3) is 0.300. The van der Waals surface area contributed by atoms with Gasteiger partial charge in [0.05, 0.1) is 4.58 Å². The molecule has 1 heterocycles. The van der Waals surface area contributed by atoms with Gasteiger partial charge < -0.3 is 14.8 Å². The quantitative estimate of drug-likeness (QED) is 0.702. The van der Waals surface area contributed by atoms with Crippen molar-refractivity contribution in [3.63, 3.8) is 0 Å². The molecule has 7 heteroatoms. The number of hydrogen-bond acceptors (Lipinski definition) is 6. The molecule has 2 aromatic carbocycles. The molecule has 0 bridgehead atoms. The molecule has 2 aromatic rings. The highest BCUT2D eigenvalue weighted by Gasteiger charge is 2.23. The van der Waals surface area contributed by atoms with Gasteiger partial charge in [-0.25, -0.2) is 4.79 Å². The van der Waals surface area contributed by atoms with Gasteiger partial charge in [0.15, 0.2) is 12.7 Å². The standard InChI is InChI=1S/C20H21NO4S2/c1-14(19(23)21-15-7-3-2-4-8-15)25-18(22)13-24-17-10-6-5-9-16(17)20-26-11-12-27-20/h2-10,14,20H,11-13H2,1H3,(H,21,23)/t14-/m0/s1. The smallest absolute Gasteiger partial charge is 0.344 e. The summed E-state index contributed by atoms with van der Waals surface area (Å²) in [5.41, 5.74) is 1.73. The second-order valence-electron chi connectivity index (χ2n) is 5.89. The minimum absolute atomic E-state index is 0.234. The van der Waals surface area contributed by atoms with Crippen LogP contribution in [-0.4, -0.2) is 36.1 Å². The topological polar surface area (TPSA) is 64.6 Å². The SMILES string of the molecule is C[C@H](OC(=O)COc1ccccc1C1SCCS1)C(=O)Nc1ccccc1. The Morgan fingerprint density at radius 1 is 1.07 bits per heavy atom. The Hall–Kier alpha value is -2.12. The van der Waals surface area contributed by atoms with Gasteiger partial charge in [-0.3, -0.25) is 4.79 Å². The van der Waals surface area contributed by atoms with Crippen LogP contribution >= 0.6 is 23.5 Å². The van der Waals surface area contributed by atoms with E-state index in [-0.39, 0.29) is 12.5 Å². The van der Waals surface area contributed by atoms with Crippen LogP contribution in [-0.2, 0) is 14.3 Å². The van der Waals surface area contributed by atoms with E-state index in [1.54, 1.807) is 12.1 Å². The number of amides is 1. The number of carbonyl (C=O) groups excluding carboxylic acids is 2. The summed E-state index contributed by atoms with van der Waals surface area (Å²) >= 11 is 3.75. The lowest BCUT2D eigenvalue weighted by atomic mass is 10.2. The predicted molar refractivity (Wildman–Crippen MR) is 110 cm³/mol. The normalized spacial score (nSPS) is 15.1. The molecule has 5 nitrogen and oxygen atoms in total. The van der Waals surface area contributed by atoms with Gasteiger partial charge in [0, 0.05) is 22.8 Å². The third kappa shape index (κ3) is 5.68. The molecule has 1 amide bonds. The van der Waals surface area contributed by atoms with E-state index in [2.05, 4.69) is 5.32 Å². The van der Waals surface area contributed by atoms with Gasteiger partial charge in [0.1, 0.15) is 5.75 Å². The molecule has 0 unspecified atom stereocenters. The van der Waals surface area contributed by atoms with Gasteiger partial charge in [-0.2, -0.15) is 0 Å². The molecule has 1 aliphatic rings. The Labute approximate surface area is 167 Å². The third-order valence-corrected chi connectivity index (χ3v) is 6.93. The van der Waals surface area contributed by atoms with Crippen LogP contribution in [0.2, 0.25) is 0 Å². The van der Waals surface area contributed by atoms with Crippen LogP contribution in [0, 0.1) is 0 Å². The highest BCUT2D eigenvalue weighted by Crippen LogP contribution is 2.48. The first-order chi connectivity index (χ1) is 13.1. The summed E-state index contributed by atoms with van der Waals surface area (Å²) in [6.45, 7) is 1.30. The van der Waals surface area contributed by atoms with Crippen molar-refractivity contribution in [2.45, 2.75) is 17.6 Å². The summed E-state index contributed by atoms with van der Waals surface area (Å²) in [7, 11) is 0. The molecule has 1 N–H and O–H groups in total. The van der Waals surface area contributed by atoms with Crippen molar-refractivity contribution in [3.8, 4) is 5.75 Å². The molecule has 0 spiro atoms. The van der Waals surface area contributed by atoms with Crippen molar-refractivity contribution in [2.24, 2.45) is 0 Å². The Bertz CT molecular complexity index is 779. The van der Waals surface area contributed by atoms with Gasteiger partial charge in [-0.15, -0.1) is 23.5 Å². The Kier molecular flexibility index (Phi) is 7.06. The first kappa shape index (κ1) is 19.6. The van der Waals surface area contributed by atoms with Gasteiger partial charge >= 0.3 is 5.97 Å². The zero-order chi connectivity index (χ0) is 19.1. The molecule has 0 saturated carbocycles. The van der Waals surface area contributed by atoms with Crippen molar-refractivity contribution >= 4 is 41.1 Å². The zero-order valence-corrected chi connectivity index (χ0v) is 16.6. The molecule has 0 radical (unpaired) electrons. The molecular weight excluding hydrogens is 382 g/mol. The van der Waals surface area contributed by atoms with Crippen LogP contribution in [0.1, 0.15) is 17.1 Å². The number of hydrogen-bond donors (Lipinski definition) is 1. The summed E-state index contributed by atoms with van der Waals surface area (Å²) in [6, 6.07) is 16.8. The van der Waals surface area contributed by atoms with E-state index in [0.717, 1.165) is 17.1 Å². The summed E-state index contributed by atoms with van der Waals surface area (Å²) in [6.07, 6.45) is -0.905. The van der Waals surface area contributed by atoms with Crippen molar-refractivity contribution < 1.29 is 19.1 Å². The third-order valence-electron chi connectivity index (χ3n) is 3.86. The van der Waals surface area contributed by atoms with E-state index in [1.807, 2.05) is 66.0 Å². The molecular formula is C20H21NO4S2. The van der Waals surface area contributed by atoms with Gasteiger partial charge in [0.2, 0.25) is 0 Å². The lowest BCUT2D eigenvalue weighted by molar-refractivity contribution is -0.155. The summed E-state index contributed by atoms with van der Waals surface area (Å²) in [5, 5.41) is 2.70. The minimum Gasteiger partial charge on any atom is -0.482 e. The van der Waals surface area contributed by atoms with Crippen molar-refractivity contribution in [1.82, 2.24) is 0 Å². The zero-order valence-electron chi connectivity index (χ0n) is 14.9. The van der Waals surface area contributed by atoms with Crippen molar-refractivity contribution in [3.05, 3.63) is 60.2 Å². The van der Waals surface area contributed by atoms with Crippen LogP contribution in [0.25, 0.3) is 0 Å². The first-order valence-electron chi connectivity index (χ1n) is 8.64. The number of anilines is 1. The highest BCUT2D eigenvalue weighted by molar-refractivity contribution is 8.19. The lowest BCUT2D eigenvalue weighted by Crippen LogP contribution is -2.31. The van der Waals surface area contributed by atoms with E-state index in [1.165, 1.54) is 6.92 Å². The maximum Gasteiger partial charge on any atom is 0.344 e. The molecule has 3 rings (SSSR count). The molecule has 0 aromatic heterocycles.